The number of para-hydroxylation sites is 2. The van der Waals surface area contributed by atoms with Crippen molar-refractivity contribution >= 4 is 23.4 Å². The molecule has 0 bridgehead atoms. The van der Waals surface area contributed by atoms with Gasteiger partial charge in [0.1, 0.15) is 0 Å². The number of alkyl halides is 3. The van der Waals surface area contributed by atoms with Crippen LogP contribution in [0.3, 0.4) is 0 Å². The molecule has 1 atom stereocenters. The fourth-order valence-electron chi connectivity index (χ4n) is 2.41. The SMILES string of the molecule is CC(SCc1nnnn1-c1ccccc1)C(=O)Nc1ccccc1C(F)(F)F. The molecule has 2 aromatic carbocycles. The van der Waals surface area contributed by atoms with E-state index in [9.17, 15) is 18.0 Å². The van der Waals surface area contributed by atoms with Crippen molar-refractivity contribution in [3.05, 3.63) is 66.0 Å². The van der Waals surface area contributed by atoms with Crippen LogP contribution in [0.1, 0.15) is 18.3 Å². The average Bonchev–Trinajstić information content (AvgIpc) is 3.15. The van der Waals surface area contributed by atoms with E-state index in [2.05, 4.69) is 20.8 Å². The summed E-state index contributed by atoms with van der Waals surface area (Å²) < 4.78 is 40.7. The summed E-state index contributed by atoms with van der Waals surface area (Å²) in [7, 11) is 0. The van der Waals surface area contributed by atoms with Crippen LogP contribution in [0.5, 0.6) is 0 Å². The highest BCUT2D eigenvalue weighted by Gasteiger charge is 2.33. The Hall–Kier alpha value is -2.88. The highest BCUT2D eigenvalue weighted by molar-refractivity contribution is 7.99. The number of carbonyl (C=O) groups is 1. The molecule has 0 radical (unpaired) electrons. The van der Waals surface area contributed by atoms with Crippen molar-refractivity contribution in [2.75, 3.05) is 5.32 Å². The van der Waals surface area contributed by atoms with E-state index in [1.54, 1.807) is 11.6 Å². The minimum atomic E-state index is -4.54. The second kappa shape index (κ2) is 8.42. The van der Waals surface area contributed by atoms with Gasteiger partial charge in [0.2, 0.25) is 5.91 Å². The van der Waals surface area contributed by atoms with Crippen LogP contribution in [-0.4, -0.2) is 31.4 Å². The van der Waals surface area contributed by atoms with E-state index >= 15 is 0 Å². The van der Waals surface area contributed by atoms with Crippen LogP contribution in [0.15, 0.2) is 54.6 Å². The van der Waals surface area contributed by atoms with Gasteiger partial charge in [0.25, 0.3) is 0 Å². The van der Waals surface area contributed by atoms with Crippen LogP contribution in [0.25, 0.3) is 5.69 Å². The number of nitrogens with zero attached hydrogens (tertiary/aromatic N) is 4. The number of aromatic nitrogens is 4. The second-order valence-electron chi connectivity index (χ2n) is 5.83. The molecule has 1 N–H and O–H groups in total. The summed E-state index contributed by atoms with van der Waals surface area (Å²) in [4.78, 5) is 12.3. The maximum atomic E-state index is 13.1. The van der Waals surface area contributed by atoms with Crippen LogP contribution in [0.2, 0.25) is 0 Å². The molecule has 0 saturated carbocycles. The van der Waals surface area contributed by atoms with E-state index in [0.717, 1.165) is 11.8 Å². The lowest BCUT2D eigenvalue weighted by molar-refractivity contribution is -0.137. The Balaban J connectivity index is 1.65. The smallest absolute Gasteiger partial charge is 0.325 e. The van der Waals surface area contributed by atoms with Gasteiger partial charge in [-0.05, 0) is 41.6 Å². The van der Waals surface area contributed by atoms with Crippen molar-refractivity contribution in [3.8, 4) is 5.69 Å². The number of rotatable bonds is 6. The van der Waals surface area contributed by atoms with Crippen LogP contribution in [0.4, 0.5) is 18.9 Å². The van der Waals surface area contributed by atoms with Gasteiger partial charge in [-0.2, -0.15) is 17.9 Å². The van der Waals surface area contributed by atoms with Crippen molar-refractivity contribution in [2.24, 2.45) is 0 Å². The summed E-state index contributed by atoms with van der Waals surface area (Å²) >= 11 is 1.23. The summed E-state index contributed by atoms with van der Waals surface area (Å²) in [5, 5.41) is 13.3. The zero-order chi connectivity index (χ0) is 20.1. The van der Waals surface area contributed by atoms with Crippen molar-refractivity contribution in [1.82, 2.24) is 20.2 Å². The number of thioether (sulfide) groups is 1. The zero-order valence-corrected chi connectivity index (χ0v) is 15.5. The van der Waals surface area contributed by atoms with Crippen molar-refractivity contribution in [2.45, 2.75) is 24.1 Å². The van der Waals surface area contributed by atoms with Crippen LogP contribution in [0, 0.1) is 0 Å². The molecule has 3 rings (SSSR count). The second-order valence-corrected chi connectivity index (χ2v) is 7.16. The average molecular weight is 407 g/mol. The number of nitrogens with one attached hydrogen (secondary N) is 1. The molecule has 6 nitrogen and oxygen atoms in total. The Bertz CT molecular complexity index is 946. The quantitative estimate of drug-likeness (QED) is 0.670. The first-order valence-corrected chi connectivity index (χ1v) is 9.32. The summed E-state index contributed by atoms with van der Waals surface area (Å²) in [5.74, 6) is 0.323. The minimum absolute atomic E-state index is 0.262. The fourth-order valence-corrected chi connectivity index (χ4v) is 3.20. The van der Waals surface area contributed by atoms with Gasteiger partial charge in [0.05, 0.1) is 27.9 Å². The molecule has 1 amide bonds. The summed E-state index contributed by atoms with van der Waals surface area (Å²) in [6, 6.07) is 14.1. The van der Waals surface area contributed by atoms with Crippen molar-refractivity contribution in [3.63, 3.8) is 0 Å². The van der Waals surface area contributed by atoms with E-state index < -0.39 is 22.9 Å². The third-order valence-corrected chi connectivity index (χ3v) is 5.00. The molecule has 1 heterocycles. The molecule has 146 valence electrons. The third-order valence-electron chi connectivity index (χ3n) is 3.86. The largest absolute Gasteiger partial charge is 0.418 e. The molecule has 0 saturated heterocycles. The van der Waals surface area contributed by atoms with E-state index in [1.807, 2.05) is 30.3 Å². The Morgan fingerprint density at radius 3 is 2.54 bits per heavy atom. The van der Waals surface area contributed by atoms with Gasteiger partial charge < -0.3 is 5.32 Å². The molecular weight excluding hydrogens is 391 g/mol. The van der Waals surface area contributed by atoms with Gasteiger partial charge in [-0.3, -0.25) is 4.79 Å². The Labute approximate surface area is 163 Å². The number of halogens is 3. The molecule has 1 unspecified atom stereocenters. The Morgan fingerprint density at radius 1 is 1.14 bits per heavy atom. The first kappa shape index (κ1) is 19.9. The molecule has 0 aliphatic rings. The highest BCUT2D eigenvalue weighted by Crippen LogP contribution is 2.34. The molecule has 0 fully saturated rings. The monoisotopic (exact) mass is 407 g/mol. The standard InChI is InChI=1S/C18H16F3N5OS/c1-12(17(27)22-15-10-6-5-9-14(15)18(19,20)21)28-11-16-23-24-25-26(16)13-7-3-2-4-8-13/h2-10,12H,11H2,1H3,(H,22,27). The Morgan fingerprint density at radius 2 is 1.82 bits per heavy atom. The number of hydrogen-bond donors (Lipinski definition) is 1. The van der Waals surface area contributed by atoms with Gasteiger partial charge in [0, 0.05) is 0 Å². The van der Waals surface area contributed by atoms with Gasteiger partial charge in [-0.25, -0.2) is 0 Å². The van der Waals surface area contributed by atoms with E-state index in [1.165, 1.54) is 30.0 Å². The lowest BCUT2D eigenvalue weighted by Crippen LogP contribution is -2.24. The molecule has 0 aliphatic heterocycles. The normalized spacial score (nSPS) is 12.6. The maximum Gasteiger partial charge on any atom is 0.418 e. The molecular formula is C18H16F3N5OS. The van der Waals surface area contributed by atoms with Gasteiger partial charge in [-0.15, -0.1) is 16.9 Å². The Kier molecular flexibility index (Phi) is 5.98. The number of carbonyl (C=O) groups excluding carboxylic acids is 1. The number of amides is 1. The van der Waals surface area contributed by atoms with E-state index in [-0.39, 0.29) is 5.69 Å². The summed E-state index contributed by atoms with van der Waals surface area (Å²) in [6.45, 7) is 1.62. The molecule has 10 heteroatoms. The maximum absolute atomic E-state index is 13.1. The van der Waals surface area contributed by atoms with Crippen molar-refractivity contribution in [1.29, 1.82) is 0 Å². The lowest BCUT2D eigenvalue weighted by atomic mass is 10.1. The zero-order valence-electron chi connectivity index (χ0n) is 14.7. The predicted molar refractivity (Wildman–Crippen MR) is 100.0 cm³/mol. The van der Waals surface area contributed by atoms with E-state index in [4.69, 9.17) is 0 Å². The first-order chi connectivity index (χ1) is 13.4. The van der Waals surface area contributed by atoms with Crippen molar-refractivity contribution < 1.29 is 18.0 Å². The van der Waals surface area contributed by atoms with Crippen LogP contribution >= 0.6 is 11.8 Å². The van der Waals surface area contributed by atoms with Gasteiger partial charge >= 0.3 is 6.18 Å². The highest BCUT2D eigenvalue weighted by atomic mass is 32.2. The number of benzene rings is 2. The number of tetrazole rings is 1. The van der Waals surface area contributed by atoms with E-state index in [0.29, 0.717) is 11.6 Å². The summed E-state index contributed by atoms with van der Waals surface area (Å²) in [6.07, 6.45) is -4.54. The third kappa shape index (κ3) is 4.69. The fraction of sp³-hybridized carbons (Fsp3) is 0.222. The molecule has 3 aromatic rings. The molecule has 1 aromatic heterocycles. The molecule has 0 spiro atoms. The van der Waals surface area contributed by atoms with Gasteiger partial charge in [-0.1, -0.05) is 30.3 Å². The van der Waals surface area contributed by atoms with Crippen LogP contribution in [-0.2, 0) is 16.7 Å². The summed E-state index contributed by atoms with van der Waals surface area (Å²) in [5.41, 5.74) is -0.366. The van der Waals surface area contributed by atoms with Gasteiger partial charge in [0.15, 0.2) is 5.82 Å². The first-order valence-electron chi connectivity index (χ1n) is 8.27. The van der Waals surface area contributed by atoms with Crippen LogP contribution < -0.4 is 5.32 Å². The predicted octanol–water partition coefficient (Wildman–Crippen LogP) is 3.94. The topological polar surface area (TPSA) is 72.7 Å². The molecule has 28 heavy (non-hydrogen) atoms. The number of anilines is 1. The molecule has 0 aliphatic carbocycles. The number of hydrogen-bond acceptors (Lipinski definition) is 5. The minimum Gasteiger partial charge on any atom is -0.325 e. The lowest BCUT2D eigenvalue weighted by Gasteiger charge is -2.16.